The Kier molecular flexibility index (Phi) is 17.0. The third kappa shape index (κ3) is 9.78. The molecule has 4 aliphatic heterocycles. The molecular weight excluding hydrogens is 626 g/mol. The van der Waals surface area contributed by atoms with Gasteiger partial charge in [0.1, 0.15) is 5.78 Å². The predicted molar refractivity (Wildman–Crippen MR) is 195 cm³/mol. The molecule has 2 aromatic carbocycles. The number of hydrogen-bond donors (Lipinski definition) is 1. The number of carbonyl (C=O) groups is 1. The number of ether oxygens (including phenoxy) is 4. The standard InChI is InChI=1S/C19H29NO3.C19H27NO3.CH4.B.Na.H/c2*1-12(2)7-14-11-20-6-5-13-8-18(22-3)19(23-4)9-15(13)16(20)10-17(14)21;;;;/h8-9,12,14,16-17,21H,5-7,10-11H2,1-4H3;8-9,12,14,16H,5-7,10-11H2,1-4H3;1H4;;;/q;;;;+1;-1. The first-order chi connectivity index (χ1) is 22.1. The number of carbonyl (C=O) groups excluding carboxylic acids is 1. The number of aliphatic hydroxyl groups is 1. The van der Waals surface area contributed by atoms with E-state index in [2.05, 4.69) is 61.8 Å². The smallest absolute Gasteiger partial charge is 1.00 e. The van der Waals surface area contributed by atoms with Crippen LogP contribution in [0.4, 0.5) is 0 Å². The van der Waals surface area contributed by atoms with Crippen molar-refractivity contribution < 1.29 is 59.8 Å². The van der Waals surface area contributed by atoms with Gasteiger partial charge in [-0.3, -0.25) is 14.6 Å². The van der Waals surface area contributed by atoms with Crippen molar-refractivity contribution in [2.45, 2.75) is 91.8 Å². The molecule has 1 N–H and O–H groups in total. The van der Waals surface area contributed by atoms with E-state index in [0.717, 1.165) is 81.3 Å². The van der Waals surface area contributed by atoms with Crippen molar-refractivity contribution in [3.8, 4) is 23.0 Å². The Morgan fingerprint density at radius 2 is 1.20 bits per heavy atom. The van der Waals surface area contributed by atoms with Gasteiger partial charge < -0.3 is 25.5 Å². The van der Waals surface area contributed by atoms with Crippen LogP contribution < -0.4 is 48.5 Å². The van der Waals surface area contributed by atoms with Crippen molar-refractivity contribution in [1.29, 1.82) is 0 Å². The summed E-state index contributed by atoms with van der Waals surface area (Å²) in [6.45, 7) is 12.9. The SMILES string of the molecule is C.COc1cc2c(cc1OC)C1CC(=O)C(CC(C)C)CN1CC2.COc1cc2c(cc1OC)C1CC(O)C(CC(C)C)CN1CC2.[B].[H-].[Na+]. The summed E-state index contributed by atoms with van der Waals surface area (Å²) in [5, 5.41) is 10.6. The molecule has 2 aromatic rings. The average molecular weight is 688 g/mol. The Balaban J connectivity index is 0.000000463. The van der Waals surface area contributed by atoms with Crippen LogP contribution in [0.2, 0.25) is 0 Å². The first-order valence-electron chi connectivity index (χ1n) is 17.2. The molecule has 2 saturated heterocycles. The molecule has 10 heteroatoms. The molecule has 0 spiro atoms. The topological polar surface area (TPSA) is 80.7 Å². The molecule has 4 heterocycles. The fraction of sp³-hybridized carbons (Fsp3) is 0.667. The van der Waals surface area contributed by atoms with Crippen LogP contribution in [0.3, 0.4) is 0 Å². The van der Waals surface area contributed by atoms with Gasteiger partial charge in [-0.15, -0.1) is 0 Å². The van der Waals surface area contributed by atoms with Crippen LogP contribution >= 0.6 is 0 Å². The van der Waals surface area contributed by atoms with E-state index < -0.39 is 0 Å². The van der Waals surface area contributed by atoms with E-state index in [0.29, 0.717) is 36.0 Å². The Hall–Kier alpha value is -1.75. The molecule has 5 unspecified atom stereocenters. The molecule has 0 amide bonds. The molecule has 4 aliphatic rings. The van der Waals surface area contributed by atoms with Crippen molar-refractivity contribution >= 4 is 14.2 Å². The van der Waals surface area contributed by atoms with Crippen molar-refractivity contribution in [2.24, 2.45) is 23.7 Å². The number of ketones is 1. The third-order valence-corrected chi connectivity index (χ3v) is 10.5. The van der Waals surface area contributed by atoms with Crippen molar-refractivity contribution in [2.75, 3.05) is 54.6 Å². The number of piperidine rings is 2. The van der Waals surface area contributed by atoms with E-state index in [1.54, 1.807) is 28.4 Å². The molecule has 49 heavy (non-hydrogen) atoms. The second kappa shape index (κ2) is 19.2. The minimum absolute atomic E-state index is 0. The summed E-state index contributed by atoms with van der Waals surface area (Å²) in [5.74, 6) is 5.34. The maximum Gasteiger partial charge on any atom is 1.00 e. The second-order valence-electron chi connectivity index (χ2n) is 14.5. The van der Waals surface area contributed by atoms with Gasteiger partial charge in [-0.2, -0.15) is 0 Å². The minimum atomic E-state index is -0.210. The number of aliphatic hydroxyl groups excluding tert-OH is 1. The van der Waals surface area contributed by atoms with Crippen molar-refractivity contribution in [3.05, 3.63) is 46.5 Å². The van der Waals surface area contributed by atoms with Gasteiger partial charge in [-0.1, -0.05) is 35.1 Å². The zero-order valence-electron chi connectivity index (χ0n) is 31.9. The van der Waals surface area contributed by atoms with Crippen LogP contribution in [-0.4, -0.2) is 89.8 Å². The number of hydrogen-bond acceptors (Lipinski definition) is 8. The number of nitrogens with zero attached hydrogens (tertiary/aromatic N) is 2. The van der Waals surface area contributed by atoms with E-state index in [1.165, 1.54) is 22.3 Å². The maximum absolute atomic E-state index is 12.6. The molecule has 267 valence electrons. The van der Waals surface area contributed by atoms with E-state index >= 15 is 0 Å². The van der Waals surface area contributed by atoms with Gasteiger partial charge in [0.05, 0.1) is 34.5 Å². The van der Waals surface area contributed by atoms with Gasteiger partial charge in [0, 0.05) is 59.0 Å². The number of rotatable bonds is 8. The fourth-order valence-corrected chi connectivity index (χ4v) is 8.31. The zero-order chi connectivity index (χ0) is 33.1. The Morgan fingerprint density at radius 3 is 1.67 bits per heavy atom. The maximum atomic E-state index is 12.6. The van der Waals surface area contributed by atoms with Crippen LogP contribution in [-0.2, 0) is 17.6 Å². The average Bonchev–Trinajstić information content (AvgIpc) is 3.04. The Morgan fingerprint density at radius 1 is 0.755 bits per heavy atom. The summed E-state index contributed by atoms with van der Waals surface area (Å²) in [4.78, 5) is 17.6. The summed E-state index contributed by atoms with van der Waals surface area (Å²) < 4.78 is 21.8. The van der Waals surface area contributed by atoms with Crippen molar-refractivity contribution in [1.82, 2.24) is 9.80 Å². The molecular formula is C39H61BN2NaO6. The molecule has 0 aliphatic carbocycles. The van der Waals surface area contributed by atoms with Crippen LogP contribution in [0.25, 0.3) is 0 Å². The van der Waals surface area contributed by atoms with Gasteiger partial charge in [-0.25, -0.2) is 0 Å². The second-order valence-corrected chi connectivity index (χ2v) is 14.5. The van der Waals surface area contributed by atoms with Gasteiger partial charge in [0.25, 0.3) is 0 Å². The molecule has 3 radical (unpaired) electrons. The summed E-state index contributed by atoms with van der Waals surface area (Å²) in [7, 11) is 6.69. The van der Waals surface area contributed by atoms with Crippen LogP contribution in [0.1, 0.15) is 96.6 Å². The first-order valence-corrected chi connectivity index (χ1v) is 17.2. The Bertz CT molecular complexity index is 1380. The fourth-order valence-electron chi connectivity index (χ4n) is 8.31. The molecule has 5 atom stereocenters. The minimum Gasteiger partial charge on any atom is -1.00 e. The quantitative estimate of drug-likeness (QED) is 0.422. The molecule has 6 rings (SSSR count). The molecule has 0 bridgehead atoms. The zero-order valence-corrected chi connectivity index (χ0v) is 32.9. The number of benzene rings is 2. The largest absolute Gasteiger partial charge is 1.00 e. The van der Waals surface area contributed by atoms with E-state index in [1.807, 2.05) is 0 Å². The first kappa shape index (κ1) is 43.4. The summed E-state index contributed by atoms with van der Waals surface area (Å²) in [6.07, 6.45) is 5.38. The van der Waals surface area contributed by atoms with Gasteiger partial charge in [0.15, 0.2) is 23.0 Å². The molecule has 8 nitrogen and oxygen atoms in total. The number of Topliss-reactive ketones (excluding diaryl/α,β-unsaturated/α-hetero) is 1. The third-order valence-electron chi connectivity index (χ3n) is 10.5. The summed E-state index contributed by atoms with van der Waals surface area (Å²) in [5.41, 5.74) is 5.17. The van der Waals surface area contributed by atoms with Gasteiger partial charge in [-0.05, 0) is 96.4 Å². The molecule has 0 aromatic heterocycles. The predicted octanol–water partition coefficient (Wildman–Crippen LogP) is 3.64. The van der Waals surface area contributed by atoms with Gasteiger partial charge in [0.2, 0.25) is 0 Å². The van der Waals surface area contributed by atoms with Crippen LogP contribution in [0, 0.1) is 23.7 Å². The normalized spacial score (nSPS) is 24.3. The number of methoxy groups -OCH3 is 4. The van der Waals surface area contributed by atoms with E-state index in [9.17, 15) is 9.90 Å². The summed E-state index contributed by atoms with van der Waals surface area (Å²) in [6, 6.07) is 8.88. The monoisotopic (exact) mass is 687 g/mol. The molecule has 2 fully saturated rings. The van der Waals surface area contributed by atoms with Gasteiger partial charge >= 0.3 is 29.6 Å². The Labute approximate surface area is 321 Å². The summed E-state index contributed by atoms with van der Waals surface area (Å²) >= 11 is 0. The van der Waals surface area contributed by atoms with Crippen molar-refractivity contribution in [3.63, 3.8) is 0 Å². The van der Waals surface area contributed by atoms with Crippen LogP contribution in [0.5, 0.6) is 23.0 Å². The van der Waals surface area contributed by atoms with E-state index in [4.69, 9.17) is 18.9 Å². The molecule has 0 saturated carbocycles. The van der Waals surface area contributed by atoms with Crippen LogP contribution in [0.15, 0.2) is 24.3 Å². The number of fused-ring (bicyclic) bond motifs is 6. The van der Waals surface area contributed by atoms with E-state index in [-0.39, 0.29) is 64.9 Å².